The number of fused-ring (bicyclic) bond motifs is 2. The van der Waals surface area contributed by atoms with Gasteiger partial charge in [-0.25, -0.2) is 13.6 Å². The van der Waals surface area contributed by atoms with E-state index in [1.54, 1.807) is 0 Å². The third kappa shape index (κ3) is 2.17. The lowest BCUT2D eigenvalue weighted by Crippen LogP contribution is -2.17. The molecule has 0 amide bonds. The van der Waals surface area contributed by atoms with Gasteiger partial charge in [0, 0.05) is 23.1 Å². The van der Waals surface area contributed by atoms with Crippen LogP contribution in [0.5, 0.6) is 0 Å². The van der Waals surface area contributed by atoms with Crippen LogP contribution in [0.3, 0.4) is 0 Å². The zero-order valence-electron chi connectivity index (χ0n) is 11.6. The summed E-state index contributed by atoms with van der Waals surface area (Å²) in [6.45, 7) is 2.03. The maximum Gasteiger partial charge on any atom is 0.336 e. The highest BCUT2D eigenvalue weighted by atomic mass is 19.2. The van der Waals surface area contributed by atoms with E-state index < -0.39 is 17.6 Å². The van der Waals surface area contributed by atoms with Gasteiger partial charge < -0.3 is 5.11 Å². The largest absolute Gasteiger partial charge is 0.478 e. The van der Waals surface area contributed by atoms with Gasteiger partial charge in [0.05, 0.1) is 11.1 Å². The summed E-state index contributed by atoms with van der Waals surface area (Å²) in [5.74, 6) is -2.98. The number of hydrogen-bond acceptors (Lipinski definition) is 2. The summed E-state index contributed by atoms with van der Waals surface area (Å²) in [6, 6.07) is 1.93. The first kappa shape index (κ1) is 13.9. The van der Waals surface area contributed by atoms with Gasteiger partial charge in [0.2, 0.25) is 0 Å². The molecule has 21 heavy (non-hydrogen) atoms. The fraction of sp³-hybridized carbons (Fsp3) is 0.375. The number of halogens is 2. The minimum Gasteiger partial charge on any atom is -0.478 e. The standard InChI is InChI=1S/C16H15F2NO2/c1-2-8-4-3-5-9-14(16(20)21)10-6-11(17)12(18)7-13(10)19-15(8)9/h6-8H,2-5H2,1H3,(H,20,21). The van der Waals surface area contributed by atoms with E-state index in [9.17, 15) is 18.7 Å². The maximum atomic E-state index is 13.5. The van der Waals surface area contributed by atoms with E-state index in [2.05, 4.69) is 4.98 Å². The van der Waals surface area contributed by atoms with Crippen molar-refractivity contribution in [1.29, 1.82) is 0 Å². The first-order valence-corrected chi connectivity index (χ1v) is 7.07. The Balaban J connectivity index is 2.40. The Bertz CT molecular complexity index is 743. The van der Waals surface area contributed by atoms with Gasteiger partial charge in [0.1, 0.15) is 0 Å². The quantitative estimate of drug-likeness (QED) is 0.908. The molecule has 0 spiro atoms. The number of aromatic nitrogens is 1. The summed E-state index contributed by atoms with van der Waals surface area (Å²) in [4.78, 5) is 16.1. The first-order valence-electron chi connectivity index (χ1n) is 7.07. The van der Waals surface area contributed by atoms with Gasteiger partial charge in [-0.3, -0.25) is 4.98 Å². The van der Waals surface area contributed by atoms with Gasteiger partial charge in [-0.1, -0.05) is 6.92 Å². The molecule has 2 aromatic rings. The number of nitrogens with zero attached hydrogens (tertiary/aromatic N) is 1. The molecule has 1 atom stereocenters. The van der Waals surface area contributed by atoms with E-state index in [0.717, 1.165) is 37.1 Å². The number of carbonyl (C=O) groups is 1. The molecule has 1 heterocycles. The molecular formula is C16H15F2NO2. The third-order valence-corrected chi connectivity index (χ3v) is 4.23. The molecule has 3 nitrogen and oxygen atoms in total. The lowest BCUT2D eigenvalue weighted by molar-refractivity contribution is 0.0697. The van der Waals surface area contributed by atoms with Crippen molar-refractivity contribution in [3.05, 3.63) is 40.6 Å². The Hall–Kier alpha value is -2.04. The van der Waals surface area contributed by atoms with Crippen LogP contribution in [0, 0.1) is 11.6 Å². The van der Waals surface area contributed by atoms with Gasteiger partial charge in [0.25, 0.3) is 0 Å². The van der Waals surface area contributed by atoms with Crippen molar-refractivity contribution < 1.29 is 18.7 Å². The van der Waals surface area contributed by atoms with Crippen LogP contribution in [-0.4, -0.2) is 16.1 Å². The van der Waals surface area contributed by atoms with Crippen LogP contribution in [0.15, 0.2) is 12.1 Å². The monoisotopic (exact) mass is 291 g/mol. The molecule has 0 saturated carbocycles. The zero-order valence-corrected chi connectivity index (χ0v) is 11.6. The van der Waals surface area contributed by atoms with E-state index in [1.165, 1.54) is 0 Å². The van der Waals surface area contributed by atoms with Crippen LogP contribution in [-0.2, 0) is 6.42 Å². The molecule has 1 aliphatic carbocycles. The van der Waals surface area contributed by atoms with Gasteiger partial charge in [-0.15, -0.1) is 0 Å². The number of carboxylic acids is 1. The second kappa shape index (κ2) is 5.06. The molecule has 1 N–H and O–H groups in total. The number of pyridine rings is 1. The molecule has 3 rings (SSSR count). The van der Waals surface area contributed by atoms with E-state index in [-0.39, 0.29) is 22.4 Å². The average Bonchev–Trinajstić information content (AvgIpc) is 2.45. The molecule has 0 fully saturated rings. The molecular weight excluding hydrogens is 276 g/mol. The zero-order chi connectivity index (χ0) is 15.1. The summed E-state index contributed by atoms with van der Waals surface area (Å²) < 4.78 is 26.9. The molecule has 1 unspecified atom stereocenters. The molecule has 0 bridgehead atoms. The van der Waals surface area contributed by atoms with Crippen molar-refractivity contribution in [2.75, 3.05) is 0 Å². The van der Waals surface area contributed by atoms with Crippen molar-refractivity contribution in [2.45, 2.75) is 38.5 Å². The molecule has 110 valence electrons. The Morgan fingerprint density at radius 3 is 2.76 bits per heavy atom. The van der Waals surface area contributed by atoms with Crippen LogP contribution in [0.1, 0.15) is 53.7 Å². The van der Waals surface area contributed by atoms with Gasteiger partial charge in [-0.05, 0) is 37.3 Å². The second-order valence-corrected chi connectivity index (χ2v) is 5.44. The molecule has 1 aromatic heterocycles. The molecule has 0 radical (unpaired) electrons. The molecule has 1 aliphatic rings. The van der Waals surface area contributed by atoms with Crippen LogP contribution in [0.4, 0.5) is 8.78 Å². The van der Waals surface area contributed by atoms with E-state index in [1.807, 2.05) is 6.92 Å². The summed E-state index contributed by atoms with van der Waals surface area (Å²) in [5.41, 5.74) is 1.70. The van der Waals surface area contributed by atoms with E-state index >= 15 is 0 Å². The van der Waals surface area contributed by atoms with Crippen molar-refractivity contribution in [3.63, 3.8) is 0 Å². The van der Waals surface area contributed by atoms with Crippen molar-refractivity contribution in [2.24, 2.45) is 0 Å². The summed E-state index contributed by atoms with van der Waals surface area (Å²) in [7, 11) is 0. The highest BCUT2D eigenvalue weighted by molar-refractivity contribution is 6.04. The number of carboxylic acid groups (broad SMARTS) is 1. The lowest BCUT2D eigenvalue weighted by Gasteiger charge is -2.25. The molecule has 5 heteroatoms. The Kier molecular flexibility index (Phi) is 3.35. The predicted octanol–water partition coefficient (Wildman–Crippen LogP) is 4.04. The molecule has 1 aromatic carbocycles. The number of benzene rings is 1. The van der Waals surface area contributed by atoms with Crippen LogP contribution >= 0.6 is 0 Å². The topological polar surface area (TPSA) is 50.2 Å². The summed E-state index contributed by atoms with van der Waals surface area (Å²) in [6.07, 6.45) is 3.32. The Labute approximate surface area is 120 Å². The first-order chi connectivity index (χ1) is 10.0. The minimum atomic E-state index is -1.11. The average molecular weight is 291 g/mol. The maximum absolute atomic E-state index is 13.5. The van der Waals surface area contributed by atoms with Gasteiger partial charge in [-0.2, -0.15) is 0 Å². The normalized spacial score (nSPS) is 17.8. The molecule has 0 saturated heterocycles. The van der Waals surface area contributed by atoms with Crippen LogP contribution < -0.4 is 0 Å². The highest BCUT2D eigenvalue weighted by Crippen LogP contribution is 2.37. The van der Waals surface area contributed by atoms with Crippen molar-refractivity contribution in [1.82, 2.24) is 4.98 Å². The van der Waals surface area contributed by atoms with Gasteiger partial charge in [0.15, 0.2) is 11.6 Å². The Morgan fingerprint density at radius 2 is 2.10 bits per heavy atom. The van der Waals surface area contributed by atoms with Crippen molar-refractivity contribution >= 4 is 16.9 Å². The fourth-order valence-electron chi connectivity index (χ4n) is 3.21. The number of aromatic carboxylic acids is 1. The Morgan fingerprint density at radius 1 is 1.38 bits per heavy atom. The van der Waals surface area contributed by atoms with E-state index in [4.69, 9.17) is 0 Å². The van der Waals surface area contributed by atoms with Crippen molar-refractivity contribution in [3.8, 4) is 0 Å². The predicted molar refractivity (Wildman–Crippen MR) is 74.6 cm³/mol. The summed E-state index contributed by atoms with van der Waals surface area (Å²) >= 11 is 0. The smallest absolute Gasteiger partial charge is 0.336 e. The fourth-order valence-corrected chi connectivity index (χ4v) is 3.21. The van der Waals surface area contributed by atoms with E-state index in [0.29, 0.717) is 12.0 Å². The number of hydrogen-bond donors (Lipinski definition) is 1. The van der Waals surface area contributed by atoms with Gasteiger partial charge >= 0.3 is 5.97 Å². The second-order valence-electron chi connectivity index (χ2n) is 5.44. The SMILES string of the molecule is CCC1CCCc2c1nc1cc(F)c(F)cc1c2C(=O)O. The highest BCUT2D eigenvalue weighted by Gasteiger charge is 2.27. The lowest BCUT2D eigenvalue weighted by atomic mass is 9.82. The molecule has 0 aliphatic heterocycles. The van der Waals surface area contributed by atoms with Crippen LogP contribution in [0.2, 0.25) is 0 Å². The minimum absolute atomic E-state index is 0.0760. The summed E-state index contributed by atoms with van der Waals surface area (Å²) in [5, 5.41) is 9.69. The number of rotatable bonds is 2. The third-order valence-electron chi connectivity index (χ3n) is 4.23. The van der Waals surface area contributed by atoms with Crippen LogP contribution in [0.25, 0.3) is 10.9 Å².